The molecule has 1 fully saturated rings. The number of para-hydroxylation sites is 2. The third-order valence-corrected chi connectivity index (χ3v) is 3.31. The highest BCUT2D eigenvalue weighted by Gasteiger charge is 2.42. The quantitative estimate of drug-likeness (QED) is 0.843. The number of amides is 1. The fraction of sp³-hybridized carbons (Fsp3) is 0.438. The molecule has 4 nitrogen and oxygen atoms in total. The minimum atomic E-state index is -0.492. The number of nitrogens with one attached hydrogen (secondary N) is 1. The molecule has 1 N–H and O–H groups in total. The third kappa shape index (κ3) is 2.50. The van der Waals surface area contributed by atoms with Gasteiger partial charge >= 0.3 is 0 Å². The molecule has 1 amide bonds. The third-order valence-electron chi connectivity index (χ3n) is 3.31. The van der Waals surface area contributed by atoms with Crippen molar-refractivity contribution in [2.45, 2.75) is 45.8 Å². The van der Waals surface area contributed by atoms with Gasteiger partial charge in [0.2, 0.25) is 0 Å². The van der Waals surface area contributed by atoms with Crippen molar-refractivity contribution in [3.05, 3.63) is 36.4 Å². The van der Waals surface area contributed by atoms with E-state index in [0.717, 1.165) is 11.4 Å². The SMILES string of the molecule is C=C1C(=O)NN(c2ccccc2OC(C)(C)C)C1(C)C. The maximum absolute atomic E-state index is 11.9. The van der Waals surface area contributed by atoms with Gasteiger partial charge in [0.15, 0.2) is 0 Å². The Bertz CT molecular complexity index is 556. The van der Waals surface area contributed by atoms with E-state index in [4.69, 9.17) is 4.74 Å². The zero-order valence-electron chi connectivity index (χ0n) is 12.8. The van der Waals surface area contributed by atoms with Crippen LogP contribution in [-0.2, 0) is 4.79 Å². The lowest BCUT2D eigenvalue weighted by Gasteiger charge is -2.34. The lowest BCUT2D eigenvalue weighted by Crippen LogP contribution is -2.45. The summed E-state index contributed by atoms with van der Waals surface area (Å²) in [4.78, 5) is 11.9. The van der Waals surface area contributed by atoms with Crippen molar-refractivity contribution < 1.29 is 9.53 Å². The maximum Gasteiger partial charge on any atom is 0.267 e. The molecule has 1 saturated heterocycles. The van der Waals surface area contributed by atoms with Crippen molar-refractivity contribution in [3.63, 3.8) is 0 Å². The topological polar surface area (TPSA) is 41.6 Å². The summed E-state index contributed by atoms with van der Waals surface area (Å²) in [5, 5.41) is 1.82. The first kappa shape index (κ1) is 14.4. The van der Waals surface area contributed by atoms with E-state index in [2.05, 4.69) is 12.0 Å². The number of carbonyl (C=O) groups excluding carboxylic acids is 1. The van der Waals surface area contributed by atoms with Gasteiger partial charge in [-0.05, 0) is 46.8 Å². The lowest BCUT2D eigenvalue weighted by atomic mass is 9.96. The Morgan fingerprint density at radius 2 is 1.85 bits per heavy atom. The molecule has 20 heavy (non-hydrogen) atoms. The molecular formula is C16H22N2O2. The molecule has 2 rings (SSSR count). The molecule has 0 bridgehead atoms. The van der Waals surface area contributed by atoms with Crippen LogP contribution in [-0.4, -0.2) is 17.0 Å². The van der Waals surface area contributed by atoms with Crippen LogP contribution < -0.4 is 15.2 Å². The molecule has 1 aliphatic rings. The van der Waals surface area contributed by atoms with E-state index >= 15 is 0 Å². The van der Waals surface area contributed by atoms with Crippen LogP contribution in [0.5, 0.6) is 5.75 Å². The molecular weight excluding hydrogens is 252 g/mol. The van der Waals surface area contributed by atoms with E-state index in [1.165, 1.54) is 0 Å². The predicted molar refractivity (Wildman–Crippen MR) is 80.7 cm³/mol. The molecule has 0 saturated carbocycles. The monoisotopic (exact) mass is 274 g/mol. The van der Waals surface area contributed by atoms with Crippen LogP contribution in [0.1, 0.15) is 34.6 Å². The Labute approximate surface area is 120 Å². The predicted octanol–water partition coefficient (Wildman–Crippen LogP) is 3.05. The van der Waals surface area contributed by atoms with E-state index in [0.29, 0.717) is 5.57 Å². The second-order valence-corrected chi connectivity index (χ2v) is 6.50. The second kappa shape index (κ2) is 4.54. The second-order valence-electron chi connectivity index (χ2n) is 6.50. The summed E-state index contributed by atoms with van der Waals surface area (Å²) in [5.74, 6) is 0.587. The Kier molecular flexibility index (Phi) is 3.28. The zero-order chi connectivity index (χ0) is 15.1. The van der Waals surface area contributed by atoms with Crippen LogP contribution in [0, 0.1) is 0 Å². The van der Waals surface area contributed by atoms with Crippen molar-refractivity contribution >= 4 is 11.6 Å². The van der Waals surface area contributed by atoms with E-state index in [1.54, 1.807) is 0 Å². The molecule has 108 valence electrons. The van der Waals surface area contributed by atoms with Gasteiger partial charge in [-0.15, -0.1) is 0 Å². The first-order chi connectivity index (χ1) is 9.13. The molecule has 4 heteroatoms. The van der Waals surface area contributed by atoms with E-state index in [9.17, 15) is 4.79 Å². The van der Waals surface area contributed by atoms with Crippen LogP contribution in [0.25, 0.3) is 0 Å². The molecule has 1 aromatic carbocycles. The summed E-state index contributed by atoms with van der Waals surface area (Å²) in [6.07, 6.45) is 0. The van der Waals surface area contributed by atoms with Crippen molar-refractivity contribution in [1.29, 1.82) is 0 Å². The zero-order valence-corrected chi connectivity index (χ0v) is 12.8. The molecule has 0 aliphatic carbocycles. The number of hydrazine groups is 1. The molecule has 1 aromatic rings. The highest BCUT2D eigenvalue weighted by atomic mass is 16.5. The Morgan fingerprint density at radius 3 is 2.35 bits per heavy atom. The first-order valence-corrected chi connectivity index (χ1v) is 6.71. The van der Waals surface area contributed by atoms with E-state index in [1.807, 2.05) is 63.9 Å². The molecule has 1 heterocycles. The summed E-state index contributed by atoms with van der Waals surface area (Å²) in [6, 6.07) is 7.68. The van der Waals surface area contributed by atoms with Gasteiger partial charge in [-0.2, -0.15) is 0 Å². The molecule has 0 spiro atoms. The Morgan fingerprint density at radius 1 is 1.25 bits per heavy atom. The number of hydrogen-bond donors (Lipinski definition) is 1. The number of anilines is 1. The summed E-state index contributed by atoms with van der Waals surface area (Å²) >= 11 is 0. The highest BCUT2D eigenvalue weighted by Crippen LogP contribution is 2.38. The summed E-state index contributed by atoms with van der Waals surface area (Å²) in [5.41, 5.74) is 3.43. The molecule has 0 radical (unpaired) electrons. The van der Waals surface area contributed by atoms with Crippen molar-refractivity contribution in [2.75, 3.05) is 5.01 Å². The average Bonchev–Trinajstić information content (AvgIpc) is 2.52. The molecule has 0 atom stereocenters. The number of ether oxygens (including phenoxy) is 1. The highest BCUT2D eigenvalue weighted by molar-refractivity contribution is 6.00. The number of carbonyl (C=O) groups is 1. The summed E-state index contributed by atoms with van der Waals surface area (Å²) in [6.45, 7) is 13.8. The van der Waals surface area contributed by atoms with Crippen LogP contribution in [0.2, 0.25) is 0 Å². The molecule has 1 aliphatic heterocycles. The Hall–Kier alpha value is -1.97. The van der Waals surface area contributed by atoms with Crippen molar-refractivity contribution in [3.8, 4) is 5.75 Å². The molecule has 0 unspecified atom stereocenters. The van der Waals surface area contributed by atoms with Crippen molar-refractivity contribution in [1.82, 2.24) is 5.43 Å². The van der Waals surface area contributed by atoms with Crippen LogP contribution in [0.15, 0.2) is 36.4 Å². The minimum Gasteiger partial charge on any atom is -0.486 e. The lowest BCUT2D eigenvalue weighted by molar-refractivity contribution is -0.116. The van der Waals surface area contributed by atoms with Gasteiger partial charge in [-0.1, -0.05) is 18.7 Å². The van der Waals surface area contributed by atoms with Gasteiger partial charge in [0.25, 0.3) is 5.91 Å². The van der Waals surface area contributed by atoms with Gasteiger partial charge < -0.3 is 4.74 Å². The fourth-order valence-corrected chi connectivity index (χ4v) is 2.14. The number of benzene rings is 1. The standard InChI is InChI=1S/C16H22N2O2/c1-11-14(19)17-18(16(11,5)6)12-9-7-8-10-13(12)20-15(2,3)4/h7-10H,1H2,2-6H3,(H,17,19). The minimum absolute atomic E-state index is 0.152. The maximum atomic E-state index is 11.9. The number of nitrogens with zero attached hydrogens (tertiary/aromatic N) is 1. The largest absolute Gasteiger partial charge is 0.486 e. The van der Waals surface area contributed by atoms with E-state index in [-0.39, 0.29) is 11.5 Å². The van der Waals surface area contributed by atoms with Crippen molar-refractivity contribution in [2.24, 2.45) is 0 Å². The van der Waals surface area contributed by atoms with Crippen LogP contribution in [0.3, 0.4) is 0 Å². The Balaban J connectivity index is 2.44. The van der Waals surface area contributed by atoms with Crippen LogP contribution >= 0.6 is 0 Å². The van der Waals surface area contributed by atoms with Crippen LogP contribution in [0.4, 0.5) is 5.69 Å². The summed E-state index contributed by atoms with van der Waals surface area (Å²) < 4.78 is 5.99. The number of rotatable bonds is 2. The first-order valence-electron chi connectivity index (χ1n) is 6.71. The van der Waals surface area contributed by atoms with Gasteiger partial charge in [0.1, 0.15) is 17.0 Å². The van der Waals surface area contributed by atoms with Gasteiger partial charge in [-0.3, -0.25) is 15.2 Å². The fourth-order valence-electron chi connectivity index (χ4n) is 2.14. The smallest absolute Gasteiger partial charge is 0.267 e. The van der Waals surface area contributed by atoms with E-state index < -0.39 is 5.54 Å². The van der Waals surface area contributed by atoms with Gasteiger partial charge in [0, 0.05) is 5.57 Å². The summed E-state index contributed by atoms with van der Waals surface area (Å²) in [7, 11) is 0. The van der Waals surface area contributed by atoms with Gasteiger partial charge in [-0.25, -0.2) is 0 Å². The average molecular weight is 274 g/mol. The van der Waals surface area contributed by atoms with Gasteiger partial charge in [0.05, 0.1) is 5.54 Å². The number of hydrogen-bond acceptors (Lipinski definition) is 3. The normalized spacial score (nSPS) is 18.1. The molecule has 0 aromatic heterocycles.